The molecule has 2 aromatic heterocycles. The van der Waals surface area contributed by atoms with Crippen LogP contribution in [0.2, 0.25) is 0 Å². The monoisotopic (exact) mass is 223 g/mol. The minimum Gasteiger partial charge on any atom is -0.742 e. The third-order valence-electron chi connectivity index (χ3n) is 2.55. The summed E-state index contributed by atoms with van der Waals surface area (Å²) < 4.78 is 0. The molecule has 3 rings (SSSR count). The highest BCUT2D eigenvalue weighted by Gasteiger charge is 2.19. The lowest BCUT2D eigenvalue weighted by Crippen LogP contribution is -2.09. The van der Waals surface area contributed by atoms with Crippen molar-refractivity contribution in [2.75, 3.05) is 0 Å². The molecule has 0 amide bonds. The fourth-order valence-corrected chi connectivity index (χ4v) is 3.49. The van der Waals surface area contributed by atoms with Gasteiger partial charge in [-0.3, -0.25) is 4.79 Å². The van der Waals surface area contributed by atoms with Crippen LogP contribution >= 0.6 is 11.3 Å². The highest BCUT2D eigenvalue weighted by Crippen LogP contribution is 2.34. The number of aromatic nitrogens is 2. The summed E-state index contributed by atoms with van der Waals surface area (Å²) in [7, 11) is 0. The molecule has 1 aliphatic rings. The molecule has 0 fully saturated rings. The van der Waals surface area contributed by atoms with Crippen LogP contribution in [0.25, 0.3) is 10.2 Å². The molecule has 0 saturated carbocycles. The van der Waals surface area contributed by atoms with Crippen molar-refractivity contribution < 1.29 is 0 Å². The van der Waals surface area contributed by atoms with Crippen LogP contribution in [0, 0.1) is 0 Å². The molecule has 3 nitrogen and oxygen atoms in total. The molecular formula is C9H7N2OS2-. The van der Waals surface area contributed by atoms with E-state index in [9.17, 15) is 4.79 Å². The fraction of sp³-hybridized carbons (Fsp3) is 0.333. The van der Waals surface area contributed by atoms with E-state index in [4.69, 9.17) is 12.6 Å². The van der Waals surface area contributed by atoms with Gasteiger partial charge in [-0.05, 0) is 30.0 Å². The maximum atomic E-state index is 11.7. The quantitative estimate of drug-likeness (QED) is 0.542. The van der Waals surface area contributed by atoms with Gasteiger partial charge in [0.25, 0.3) is 5.56 Å². The van der Waals surface area contributed by atoms with Crippen LogP contribution in [0.15, 0.2) is 9.95 Å². The van der Waals surface area contributed by atoms with Crippen LogP contribution in [0.4, 0.5) is 0 Å². The Hall–Kier alpha value is -0.940. The number of nitrogens with one attached hydrogen (secondary N) is 1. The van der Waals surface area contributed by atoms with Crippen molar-refractivity contribution in [1.82, 2.24) is 9.97 Å². The number of H-pyrrole nitrogens is 1. The number of rotatable bonds is 0. The van der Waals surface area contributed by atoms with Crippen LogP contribution in [0.3, 0.4) is 0 Å². The van der Waals surface area contributed by atoms with Crippen LogP contribution < -0.4 is 5.56 Å². The van der Waals surface area contributed by atoms with E-state index in [0.29, 0.717) is 5.16 Å². The van der Waals surface area contributed by atoms with E-state index in [0.717, 1.165) is 29.5 Å². The van der Waals surface area contributed by atoms with Gasteiger partial charge in [-0.1, -0.05) is 0 Å². The summed E-state index contributed by atoms with van der Waals surface area (Å²) in [6.45, 7) is 0. The van der Waals surface area contributed by atoms with Gasteiger partial charge in [0.1, 0.15) is 4.83 Å². The summed E-state index contributed by atoms with van der Waals surface area (Å²) >= 11 is 6.49. The van der Waals surface area contributed by atoms with Crippen LogP contribution in [0.1, 0.15) is 16.9 Å². The largest absolute Gasteiger partial charge is 0.742 e. The minimum atomic E-state index is -0.0700. The molecule has 2 aromatic rings. The van der Waals surface area contributed by atoms with Gasteiger partial charge in [0.15, 0.2) is 0 Å². The first kappa shape index (κ1) is 8.38. The summed E-state index contributed by atoms with van der Waals surface area (Å²) in [5.74, 6) is 0. The Morgan fingerprint density at radius 2 is 2.29 bits per heavy atom. The summed E-state index contributed by atoms with van der Waals surface area (Å²) in [5, 5.41) is 1.07. The Kier molecular flexibility index (Phi) is 1.66. The van der Waals surface area contributed by atoms with Gasteiger partial charge < -0.3 is 17.6 Å². The molecule has 0 radical (unpaired) electrons. The summed E-state index contributed by atoms with van der Waals surface area (Å²) in [5.41, 5.74) is 1.13. The molecule has 14 heavy (non-hydrogen) atoms. The molecule has 0 bridgehead atoms. The van der Waals surface area contributed by atoms with Gasteiger partial charge in [-0.2, -0.15) is 0 Å². The van der Waals surface area contributed by atoms with Crippen molar-refractivity contribution in [2.45, 2.75) is 24.4 Å². The zero-order valence-corrected chi connectivity index (χ0v) is 8.93. The van der Waals surface area contributed by atoms with E-state index in [2.05, 4.69) is 9.97 Å². The molecule has 0 unspecified atom stereocenters. The van der Waals surface area contributed by atoms with E-state index >= 15 is 0 Å². The Balaban J connectivity index is 2.50. The molecule has 0 atom stereocenters. The normalized spacial score (nSPS) is 14.9. The number of aryl methyl sites for hydroxylation is 2. The van der Waals surface area contributed by atoms with Gasteiger partial charge >= 0.3 is 0 Å². The summed E-state index contributed by atoms with van der Waals surface area (Å²) in [6.07, 6.45) is 3.26. The second-order valence-electron chi connectivity index (χ2n) is 3.41. The topological polar surface area (TPSA) is 45.8 Å². The lowest BCUT2D eigenvalue weighted by molar-refractivity contribution is 0.914. The van der Waals surface area contributed by atoms with Gasteiger partial charge in [-0.25, -0.2) is 4.98 Å². The Morgan fingerprint density at radius 1 is 1.43 bits per heavy atom. The van der Waals surface area contributed by atoms with Gasteiger partial charge in [-0.15, -0.1) is 11.3 Å². The highest BCUT2D eigenvalue weighted by molar-refractivity contribution is 7.58. The summed E-state index contributed by atoms with van der Waals surface area (Å²) in [4.78, 5) is 20.6. The smallest absolute Gasteiger partial charge is 0.258 e. The second kappa shape index (κ2) is 2.77. The Morgan fingerprint density at radius 3 is 3.14 bits per heavy atom. The minimum absolute atomic E-state index is 0.0700. The van der Waals surface area contributed by atoms with Crippen LogP contribution in [-0.4, -0.2) is 9.97 Å². The van der Waals surface area contributed by atoms with Gasteiger partial charge in [0, 0.05) is 4.88 Å². The standard InChI is InChI=1S/C9H8N2OS2/c12-7-6-4-2-1-3-5(4)14-8(6)11-9(13)10-7/h1-3H2,(H2,10,11,12,13)/p-1. The zero-order valence-electron chi connectivity index (χ0n) is 7.29. The molecule has 0 aliphatic heterocycles. The van der Waals surface area contributed by atoms with Crippen molar-refractivity contribution in [3.8, 4) is 0 Å². The number of hydrogen-bond donors (Lipinski definition) is 1. The highest BCUT2D eigenvalue weighted by atomic mass is 32.1. The first-order valence-electron chi connectivity index (χ1n) is 4.47. The van der Waals surface area contributed by atoms with Gasteiger partial charge in [0.05, 0.1) is 5.39 Å². The van der Waals surface area contributed by atoms with Crippen LogP contribution in [0.5, 0.6) is 0 Å². The number of nitrogens with zero attached hydrogens (tertiary/aromatic N) is 1. The molecular weight excluding hydrogens is 216 g/mol. The molecule has 0 spiro atoms. The second-order valence-corrected chi connectivity index (χ2v) is 4.88. The van der Waals surface area contributed by atoms with E-state index in [1.165, 1.54) is 10.4 Å². The molecule has 2 heterocycles. The van der Waals surface area contributed by atoms with E-state index < -0.39 is 0 Å². The molecule has 0 saturated heterocycles. The molecule has 0 aromatic carbocycles. The zero-order chi connectivity index (χ0) is 9.71. The lowest BCUT2D eigenvalue weighted by atomic mass is 10.2. The maximum absolute atomic E-state index is 11.7. The number of fused-ring (bicyclic) bond motifs is 3. The predicted molar refractivity (Wildman–Crippen MR) is 57.9 cm³/mol. The average molecular weight is 223 g/mol. The SMILES string of the molecule is O=c1[nH]c([S-])nc2sc3c(c12)CCC3. The molecule has 1 N–H and O–H groups in total. The van der Waals surface area contributed by atoms with Crippen molar-refractivity contribution in [1.29, 1.82) is 0 Å². The van der Waals surface area contributed by atoms with Crippen molar-refractivity contribution in [3.05, 3.63) is 20.8 Å². The Labute approximate surface area is 89.6 Å². The van der Waals surface area contributed by atoms with E-state index in [1.54, 1.807) is 11.3 Å². The van der Waals surface area contributed by atoms with Crippen molar-refractivity contribution in [2.24, 2.45) is 0 Å². The van der Waals surface area contributed by atoms with Crippen molar-refractivity contribution >= 4 is 34.2 Å². The number of hydrogen-bond acceptors (Lipinski definition) is 4. The third kappa shape index (κ3) is 1.02. The lowest BCUT2D eigenvalue weighted by Gasteiger charge is -2.02. The predicted octanol–water partition coefficient (Wildman–Crippen LogP) is 1.38. The maximum Gasteiger partial charge on any atom is 0.258 e. The van der Waals surface area contributed by atoms with E-state index in [1.807, 2.05) is 0 Å². The summed E-state index contributed by atoms with van der Waals surface area (Å²) in [6, 6.07) is 0. The fourth-order valence-electron chi connectivity index (χ4n) is 1.98. The first-order valence-corrected chi connectivity index (χ1v) is 5.70. The third-order valence-corrected chi connectivity index (χ3v) is 3.93. The molecule has 5 heteroatoms. The average Bonchev–Trinajstić information content (AvgIpc) is 2.60. The van der Waals surface area contributed by atoms with Crippen LogP contribution in [-0.2, 0) is 25.5 Å². The first-order chi connectivity index (χ1) is 6.75. The molecule has 1 aliphatic carbocycles. The van der Waals surface area contributed by atoms with Crippen molar-refractivity contribution in [3.63, 3.8) is 0 Å². The number of aromatic amines is 1. The van der Waals surface area contributed by atoms with Gasteiger partial charge in [0.2, 0.25) is 0 Å². The molecule has 72 valence electrons. The number of thiophene rings is 1. The Bertz CT molecular complexity index is 570. The van der Waals surface area contributed by atoms with E-state index in [-0.39, 0.29) is 5.56 Å².